The lowest BCUT2D eigenvalue weighted by molar-refractivity contribution is 0.306. The summed E-state index contributed by atoms with van der Waals surface area (Å²) in [4.78, 5) is 18.5. The molecule has 3 aromatic heterocycles. The molecule has 35 heavy (non-hydrogen) atoms. The monoisotopic (exact) mass is 477 g/mol. The number of ether oxygens (including phenoxy) is 1. The molecule has 3 heterocycles. The third-order valence-electron chi connectivity index (χ3n) is 6.25. The molecule has 0 N–H and O–H groups in total. The van der Waals surface area contributed by atoms with Crippen LogP contribution in [0.5, 0.6) is 5.75 Å². The second-order valence-corrected chi connectivity index (χ2v) is 9.57. The fourth-order valence-corrected chi connectivity index (χ4v) is 5.49. The Kier molecular flexibility index (Phi) is 5.23. The average molecular weight is 478 g/mol. The maximum Gasteiger partial charge on any atom is 0.274 e. The Labute approximate surface area is 206 Å². The maximum atomic E-state index is 13.2. The first kappa shape index (κ1) is 21.4. The van der Waals surface area contributed by atoms with Crippen molar-refractivity contribution in [2.24, 2.45) is 0 Å². The van der Waals surface area contributed by atoms with Crippen molar-refractivity contribution >= 4 is 33.4 Å². The van der Waals surface area contributed by atoms with Crippen LogP contribution in [0.4, 0.5) is 0 Å². The van der Waals surface area contributed by atoms with Gasteiger partial charge in [-0.25, -0.2) is 9.38 Å². The summed E-state index contributed by atoms with van der Waals surface area (Å²) in [6, 6.07) is 28.1. The number of thiazole rings is 1. The summed E-state index contributed by atoms with van der Waals surface area (Å²) in [7, 11) is 0. The topological polar surface area (TPSA) is 48.5 Å². The number of imidazole rings is 1. The van der Waals surface area contributed by atoms with Crippen molar-refractivity contribution in [1.29, 1.82) is 0 Å². The van der Waals surface area contributed by atoms with Gasteiger partial charge in [0.1, 0.15) is 12.4 Å². The second-order valence-electron chi connectivity index (χ2n) is 8.56. The van der Waals surface area contributed by atoms with Gasteiger partial charge < -0.3 is 9.30 Å². The number of aryl methyl sites for hydroxylation is 1. The van der Waals surface area contributed by atoms with Crippen molar-refractivity contribution in [2.45, 2.75) is 20.5 Å². The number of para-hydroxylation sites is 2. The predicted octanol–water partition coefficient (Wildman–Crippen LogP) is 5.44. The second kappa shape index (κ2) is 8.56. The SMILES string of the molecule is Cc1cc(/C=c2\sc3nc4ccccc4n3c2=O)c(C)n1-c1ccc(OCc2ccccc2)cc1. The van der Waals surface area contributed by atoms with Crippen LogP contribution < -0.4 is 14.8 Å². The molecule has 0 aliphatic carbocycles. The molecule has 0 aliphatic heterocycles. The molecule has 3 aromatic carbocycles. The molecule has 6 rings (SSSR count). The summed E-state index contributed by atoms with van der Waals surface area (Å²) >= 11 is 1.43. The summed E-state index contributed by atoms with van der Waals surface area (Å²) in [5, 5.41) is 0. The Bertz CT molecular complexity index is 1780. The zero-order valence-corrected chi connectivity index (χ0v) is 20.3. The van der Waals surface area contributed by atoms with Crippen LogP contribution in [0, 0.1) is 13.8 Å². The molecule has 0 saturated heterocycles. The van der Waals surface area contributed by atoms with Gasteiger partial charge in [-0.2, -0.15) is 0 Å². The van der Waals surface area contributed by atoms with Gasteiger partial charge in [-0.15, -0.1) is 0 Å². The molecule has 6 aromatic rings. The largest absolute Gasteiger partial charge is 0.489 e. The van der Waals surface area contributed by atoms with Gasteiger partial charge in [0, 0.05) is 17.1 Å². The zero-order valence-electron chi connectivity index (χ0n) is 19.4. The Morgan fingerprint density at radius 2 is 1.69 bits per heavy atom. The van der Waals surface area contributed by atoms with Gasteiger partial charge in [0.15, 0.2) is 4.96 Å². The van der Waals surface area contributed by atoms with Crippen LogP contribution in [0.15, 0.2) is 89.7 Å². The van der Waals surface area contributed by atoms with E-state index in [1.54, 1.807) is 4.40 Å². The van der Waals surface area contributed by atoms with Crippen molar-refractivity contribution in [1.82, 2.24) is 14.0 Å². The van der Waals surface area contributed by atoms with Crippen molar-refractivity contribution in [3.05, 3.63) is 122 Å². The quantitative estimate of drug-likeness (QED) is 0.332. The fraction of sp³-hybridized carbons (Fsp3) is 0.103. The molecule has 0 unspecified atom stereocenters. The fourth-order valence-electron chi connectivity index (χ4n) is 4.52. The van der Waals surface area contributed by atoms with E-state index in [4.69, 9.17) is 4.74 Å². The van der Waals surface area contributed by atoms with E-state index in [1.165, 1.54) is 11.3 Å². The predicted molar refractivity (Wildman–Crippen MR) is 142 cm³/mol. The highest BCUT2D eigenvalue weighted by Gasteiger charge is 2.13. The lowest BCUT2D eigenvalue weighted by atomic mass is 10.2. The smallest absolute Gasteiger partial charge is 0.274 e. The van der Waals surface area contributed by atoms with E-state index < -0.39 is 0 Å². The maximum absolute atomic E-state index is 13.2. The van der Waals surface area contributed by atoms with Gasteiger partial charge in [0.05, 0.1) is 15.6 Å². The lowest BCUT2D eigenvalue weighted by Gasteiger charge is -2.11. The van der Waals surface area contributed by atoms with Crippen molar-refractivity contribution in [2.75, 3.05) is 0 Å². The standard InChI is InChI=1S/C29H23N3O2S/c1-19-16-22(17-27-28(33)32-26-11-7-6-10-25(26)30-29(32)35-27)20(2)31(19)23-12-14-24(15-13-23)34-18-21-8-4-3-5-9-21/h3-17H,18H2,1-2H3/b27-17-. The Hall–Kier alpha value is -4.16. The van der Waals surface area contributed by atoms with Crippen LogP contribution in [0.1, 0.15) is 22.5 Å². The highest BCUT2D eigenvalue weighted by Crippen LogP contribution is 2.24. The minimum absolute atomic E-state index is 0.0246. The number of fused-ring (bicyclic) bond motifs is 3. The summed E-state index contributed by atoms with van der Waals surface area (Å²) < 4.78 is 10.5. The number of aromatic nitrogens is 3. The molecule has 0 amide bonds. The van der Waals surface area contributed by atoms with Gasteiger partial charge >= 0.3 is 0 Å². The van der Waals surface area contributed by atoms with E-state index in [0.29, 0.717) is 11.1 Å². The number of benzene rings is 3. The molecule has 0 atom stereocenters. The summed E-state index contributed by atoms with van der Waals surface area (Å²) in [5.74, 6) is 0.831. The average Bonchev–Trinajstić information content (AvgIpc) is 3.49. The van der Waals surface area contributed by atoms with E-state index in [2.05, 4.69) is 53.7 Å². The molecule has 0 bridgehead atoms. The van der Waals surface area contributed by atoms with E-state index in [-0.39, 0.29) is 5.56 Å². The summed E-state index contributed by atoms with van der Waals surface area (Å²) in [6.07, 6.45) is 1.98. The Balaban J connectivity index is 1.32. The van der Waals surface area contributed by atoms with Crippen molar-refractivity contribution < 1.29 is 4.74 Å². The minimum atomic E-state index is -0.0246. The molecular weight excluding hydrogens is 454 g/mol. The number of rotatable bonds is 5. The van der Waals surface area contributed by atoms with E-state index in [0.717, 1.165) is 49.9 Å². The Morgan fingerprint density at radius 1 is 0.943 bits per heavy atom. The van der Waals surface area contributed by atoms with Crippen molar-refractivity contribution in [3.63, 3.8) is 0 Å². The normalized spacial score (nSPS) is 12.1. The van der Waals surface area contributed by atoms with Crippen LogP contribution in [0.3, 0.4) is 0 Å². The van der Waals surface area contributed by atoms with Crippen LogP contribution >= 0.6 is 11.3 Å². The van der Waals surface area contributed by atoms with Gasteiger partial charge in [-0.3, -0.25) is 4.79 Å². The summed E-state index contributed by atoms with van der Waals surface area (Å²) in [5.41, 5.74) is 7.07. The molecule has 0 fully saturated rings. The van der Waals surface area contributed by atoms with Crippen LogP contribution in [-0.4, -0.2) is 14.0 Å². The molecule has 0 saturated carbocycles. The number of hydrogen-bond donors (Lipinski definition) is 0. The van der Waals surface area contributed by atoms with Gasteiger partial charge in [-0.05, 0) is 73.5 Å². The van der Waals surface area contributed by atoms with Gasteiger partial charge in [0.2, 0.25) is 0 Å². The number of hydrogen-bond acceptors (Lipinski definition) is 4. The molecule has 5 nitrogen and oxygen atoms in total. The van der Waals surface area contributed by atoms with Crippen LogP contribution in [0.2, 0.25) is 0 Å². The first-order valence-corrected chi connectivity index (χ1v) is 12.3. The molecule has 0 radical (unpaired) electrons. The van der Waals surface area contributed by atoms with E-state index in [9.17, 15) is 4.79 Å². The van der Waals surface area contributed by atoms with Crippen LogP contribution in [-0.2, 0) is 6.61 Å². The third kappa shape index (κ3) is 3.82. The van der Waals surface area contributed by atoms with Gasteiger partial charge in [0.25, 0.3) is 5.56 Å². The molecule has 172 valence electrons. The molecule has 0 aliphatic rings. The zero-order chi connectivity index (χ0) is 23.9. The minimum Gasteiger partial charge on any atom is -0.489 e. The van der Waals surface area contributed by atoms with E-state index in [1.807, 2.05) is 60.7 Å². The summed E-state index contributed by atoms with van der Waals surface area (Å²) in [6.45, 7) is 4.70. The van der Waals surface area contributed by atoms with Crippen molar-refractivity contribution in [3.8, 4) is 11.4 Å². The molecular formula is C29H23N3O2S. The lowest BCUT2D eigenvalue weighted by Crippen LogP contribution is -2.22. The third-order valence-corrected chi connectivity index (χ3v) is 7.21. The first-order valence-electron chi connectivity index (χ1n) is 11.5. The van der Waals surface area contributed by atoms with E-state index >= 15 is 0 Å². The molecule has 0 spiro atoms. The Morgan fingerprint density at radius 3 is 2.49 bits per heavy atom. The van der Waals surface area contributed by atoms with Crippen LogP contribution in [0.25, 0.3) is 27.8 Å². The highest BCUT2D eigenvalue weighted by atomic mass is 32.1. The highest BCUT2D eigenvalue weighted by molar-refractivity contribution is 7.15. The molecule has 6 heteroatoms. The number of nitrogens with zero attached hydrogens (tertiary/aromatic N) is 3. The first-order chi connectivity index (χ1) is 17.1. The van der Waals surface area contributed by atoms with Gasteiger partial charge in [-0.1, -0.05) is 53.8 Å².